The number of nitrogens with one attached hydrogen (secondary N) is 10. The van der Waals surface area contributed by atoms with Gasteiger partial charge < -0.3 is 105 Å². The molecular formula is C90H106F4N26O8S4. The fourth-order valence-electron chi connectivity index (χ4n) is 22.5. The number of piperazine rings is 2. The molecule has 0 spiro atoms. The number of likely N-dealkylation sites (N-methyl/N-ethyl adjacent to an activating group) is 2. The zero-order valence-electron chi connectivity index (χ0n) is 72.6. The first-order valence-electron chi connectivity index (χ1n) is 45.0. The largest absolute Gasteiger partial charge is 0.493 e. The highest BCUT2D eigenvalue weighted by Gasteiger charge is 2.59. The van der Waals surface area contributed by atoms with Crippen LogP contribution in [0.3, 0.4) is 0 Å². The Hall–Kier alpha value is -11.3. The fourth-order valence-corrected chi connectivity index (χ4v) is 28.0. The molecule has 6 aliphatic heterocycles. The van der Waals surface area contributed by atoms with E-state index in [0.29, 0.717) is 52.3 Å². The maximum absolute atomic E-state index is 14.8. The smallest absolute Gasteiger partial charge is 0.234 e. The van der Waals surface area contributed by atoms with Crippen LogP contribution in [0, 0.1) is 94.3 Å². The van der Waals surface area contributed by atoms with E-state index >= 15 is 0 Å². The molecule has 8 aromatic rings. The molecule has 4 aromatic carbocycles. The van der Waals surface area contributed by atoms with E-state index in [1.807, 2.05) is 78.1 Å². The highest BCUT2D eigenvalue weighted by atomic mass is 32.2. The average molecular weight is 1880 g/mol. The highest BCUT2D eigenvalue weighted by molar-refractivity contribution is 8.01. The lowest BCUT2D eigenvalue weighted by Crippen LogP contribution is -2.46. The van der Waals surface area contributed by atoms with E-state index in [9.17, 15) is 46.3 Å². The summed E-state index contributed by atoms with van der Waals surface area (Å²) in [5, 5.41) is 32.4. The van der Waals surface area contributed by atoms with E-state index in [1.54, 1.807) is 47.8 Å². The highest BCUT2D eigenvalue weighted by Crippen LogP contribution is 2.58. The number of benzene rings is 4. The van der Waals surface area contributed by atoms with Gasteiger partial charge in [-0.2, -0.15) is 43.5 Å². The van der Waals surface area contributed by atoms with E-state index in [2.05, 4.69) is 133 Å². The average Bonchev–Trinajstić information content (AvgIpc) is 1.61. The van der Waals surface area contributed by atoms with E-state index < -0.39 is 35.1 Å². The molecule has 34 nitrogen and oxygen atoms in total. The van der Waals surface area contributed by atoms with Crippen LogP contribution in [0.1, 0.15) is 51.4 Å². The van der Waals surface area contributed by atoms with Crippen molar-refractivity contribution in [3.05, 3.63) is 133 Å². The van der Waals surface area contributed by atoms with Gasteiger partial charge in [-0.05, 0) is 173 Å². The topological polar surface area (TPSA) is 461 Å². The molecule has 132 heavy (non-hydrogen) atoms. The molecule has 4 aromatic heterocycles. The summed E-state index contributed by atoms with van der Waals surface area (Å²) in [7, 11) is 4.25. The number of fused-ring (bicyclic) bond motifs is 20. The normalized spacial score (nSPS) is 29.9. The van der Waals surface area contributed by atoms with Crippen molar-refractivity contribution in [3.8, 4) is 11.5 Å². The molecule has 2 saturated heterocycles. The Morgan fingerprint density at radius 1 is 0.386 bits per heavy atom. The van der Waals surface area contributed by atoms with Crippen LogP contribution in [0.4, 0.5) is 110 Å². The monoisotopic (exact) mass is 1880 g/mol. The molecule has 0 radical (unpaired) electrons. The predicted octanol–water partition coefficient (Wildman–Crippen LogP) is 9.72. The van der Waals surface area contributed by atoms with Crippen molar-refractivity contribution in [2.45, 2.75) is 96.5 Å². The lowest BCUT2D eigenvalue weighted by atomic mass is 9.83. The molecular weight excluding hydrogens is 1780 g/mol. The number of halogens is 4. The number of amides is 6. The van der Waals surface area contributed by atoms with Crippen LogP contribution in [0.15, 0.2) is 110 Å². The molecule has 8 saturated carbocycles. The zero-order chi connectivity index (χ0) is 91.3. The molecule has 10 heterocycles. The van der Waals surface area contributed by atoms with Crippen LogP contribution in [-0.2, 0) is 28.8 Å². The second-order valence-corrected chi connectivity index (χ2v) is 41.6. The Balaban J connectivity index is 0.000000114. The SMILES string of the molecule is CN1CCN(c2ccc3cc2NC(=O)CS[C@@H]2C[C@@H]4C[C@H]2[C@@H](Nc2nc(ncc2F)N3)[C@H]4C(N)=O)CC1.CN1CCN(c2ccc3cc2OCCS[C@@H]2C[C@@H]4C[C@H]2[C@@H](Nc2nc(ncc2F)N3)[C@H]4C(N)=O)CC1.NC(=O)[C@H]1[C@H]2C[C@H]3[C@H]1Nc1nc(ncc1F)Nc1cccc(c1)NC(=O)CS[C@@H]3C2.NC(=O)[C@H]1[C@H]2C[C@H]3[C@H]1Nc1nc(ncc1F)Nc1cccc(c1)OCCS[C@@H]3C2. The second-order valence-electron chi connectivity index (χ2n) is 36.4. The lowest BCUT2D eigenvalue weighted by Gasteiger charge is -2.35. The van der Waals surface area contributed by atoms with E-state index in [4.69, 9.17) is 32.4 Å². The minimum atomic E-state index is -0.592. The van der Waals surface area contributed by atoms with E-state index in [-0.39, 0.29) is 176 Å². The fraction of sp³-hybridized carbons (Fsp3) is 0.489. The number of thioether (sulfide) groups is 4. The van der Waals surface area contributed by atoms with Gasteiger partial charge in [0, 0.05) is 150 Å². The molecule has 22 rings (SSSR count). The van der Waals surface area contributed by atoms with Crippen molar-refractivity contribution in [3.63, 3.8) is 0 Å². The third-order valence-electron chi connectivity index (χ3n) is 28.4. The van der Waals surface area contributed by atoms with Crippen LogP contribution in [-0.4, -0.2) is 233 Å². The van der Waals surface area contributed by atoms with Gasteiger partial charge in [0.05, 0.1) is 90.2 Å². The summed E-state index contributed by atoms with van der Waals surface area (Å²) in [5.41, 5.74) is 29.2. The Kier molecular flexibility index (Phi) is 26.3. The number of nitrogens with zero attached hydrogens (tertiary/aromatic N) is 12. The Bertz CT molecular complexity index is 5680. The summed E-state index contributed by atoms with van der Waals surface area (Å²) in [6, 6.07) is 25.3. The summed E-state index contributed by atoms with van der Waals surface area (Å²) < 4.78 is 70.8. The molecule has 6 amide bonds. The second kappa shape index (κ2) is 38.7. The number of carbonyl (C=O) groups is 6. The van der Waals surface area contributed by atoms with Crippen molar-refractivity contribution in [2.24, 2.45) is 93.9 Å². The molecule has 42 heteroatoms. The Morgan fingerprint density at radius 2 is 0.727 bits per heavy atom. The van der Waals surface area contributed by atoms with Gasteiger partial charge in [0.15, 0.2) is 46.5 Å². The summed E-state index contributed by atoms with van der Waals surface area (Å²) in [6.07, 6.45) is 11.5. The van der Waals surface area contributed by atoms with Crippen molar-refractivity contribution in [1.29, 1.82) is 0 Å². The summed E-state index contributed by atoms with van der Waals surface area (Å²) in [5.74, 6) is 1.10. The predicted molar refractivity (Wildman–Crippen MR) is 505 cm³/mol. The summed E-state index contributed by atoms with van der Waals surface area (Å²) in [4.78, 5) is 118. The van der Waals surface area contributed by atoms with Gasteiger partial charge in [-0.25, -0.2) is 37.5 Å². The Labute approximate surface area is 776 Å². The summed E-state index contributed by atoms with van der Waals surface area (Å²) >= 11 is 6.91. The van der Waals surface area contributed by atoms with Gasteiger partial charge in [0.2, 0.25) is 59.2 Å². The number of aromatic nitrogens is 8. The van der Waals surface area contributed by atoms with Crippen LogP contribution in [0.5, 0.6) is 11.5 Å². The number of carbonyl (C=O) groups excluding carboxylic acids is 6. The van der Waals surface area contributed by atoms with Crippen molar-refractivity contribution < 1.29 is 55.8 Å². The standard InChI is InChI=1S/C25H31FN8O2S.C25H32FN7O2S.C20H21FN6O2S.C20H22FN5O2S/c1-33-4-6-34(7-5-33)18-3-2-14-10-17(18)30-20(35)12-37-19-9-13-8-15(19)22(21(13)23(27)36)31-24-16(26)11-28-25(29-14)32-24;1-32-4-6-33(7-5-32)18-3-2-15-12-19(18)35-8-9-36-20-11-14-10-16(20)22(21(14)23(27)34)30-24-17(26)13-28-25(29-15)31-24;21-13-7-23-20-25-11-3-1-2-10(6-11)24-15(28)8-30-14-5-9-4-12(14)17(16(9)18(22)29)26-19(13)27-20;21-14-9-23-20-24-11-2-1-3-12(8-11)28-4-5-29-15-7-10-6-13(15)17(16(10)18(22)27)25-19(14)26-20/h2-3,10-11,13,15,19,21-22H,4-9,12H2,1H3,(H2,27,36)(H,30,35)(H2,28,29,31,32);2-3,12-14,16,20-22H,4-11H2,1H3,(H2,27,34)(H2,28,29,30,31);1-3,6-7,9,12,14,16-17H,4-5,8H2,(H2,22,29)(H,24,28)(H2,23,25,26,27);1-3,8-10,13,15-17H,4-7H2,(H2,22,27)(H2,23,24,25,26)/t13-,15+,19+,21-,22+;14-,16+,20+,21-,22+;9-,12+,14+,16-,17+;10-,13+,15+,16-,17+/m0000/s1. The number of nitrogens with two attached hydrogens (primary N) is 4. The first-order valence-corrected chi connectivity index (χ1v) is 49.2. The first kappa shape index (κ1) is 89.9. The van der Waals surface area contributed by atoms with Crippen LogP contribution in [0.2, 0.25) is 0 Å². The minimum Gasteiger partial charge on any atom is -0.493 e. The van der Waals surface area contributed by atoms with Gasteiger partial charge in [-0.15, -0.1) is 23.5 Å². The molecule has 14 aliphatic rings. The van der Waals surface area contributed by atoms with Gasteiger partial charge >= 0.3 is 0 Å². The first-order chi connectivity index (χ1) is 63.9. The van der Waals surface area contributed by atoms with Gasteiger partial charge in [0.1, 0.15) is 11.5 Å². The van der Waals surface area contributed by atoms with Gasteiger partial charge in [-0.1, -0.05) is 12.1 Å². The van der Waals surface area contributed by atoms with Crippen LogP contribution in [0.25, 0.3) is 0 Å². The number of primary amides is 4. The van der Waals surface area contributed by atoms with Gasteiger partial charge in [0.25, 0.3) is 0 Å². The summed E-state index contributed by atoms with van der Waals surface area (Å²) in [6.45, 7) is 8.70. The third-order valence-corrected chi connectivity index (χ3v) is 34.0. The molecule has 20 atom stereocenters. The van der Waals surface area contributed by atoms with Gasteiger partial charge in [-0.3, -0.25) is 28.8 Å². The molecule has 696 valence electrons. The zero-order valence-corrected chi connectivity index (χ0v) is 75.8. The van der Waals surface area contributed by atoms with E-state index in [1.165, 1.54) is 0 Å². The Morgan fingerprint density at radius 3 is 1.14 bits per heavy atom. The van der Waals surface area contributed by atoms with E-state index in [0.717, 1.165) is 180 Å². The van der Waals surface area contributed by atoms with Crippen LogP contribution >= 0.6 is 47.0 Å². The third kappa shape index (κ3) is 19.4. The molecule has 0 unspecified atom stereocenters. The van der Waals surface area contributed by atoms with Crippen molar-refractivity contribution in [1.82, 2.24) is 49.7 Å². The van der Waals surface area contributed by atoms with Crippen molar-refractivity contribution >= 4 is 175 Å². The maximum Gasteiger partial charge on any atom is 0.234 e. The quantitative estimate of drug-likeness (QED) is 0.0688. The molecule has 8 aliphatic carbocycles. The maximum atomic E-state index is 14.8. The number of ether oxygens (including phenoxy) is 2. The number of hydrogen-bond donors (Lipinski definition) is 14. The molecule has 18 N–H and O–H groups in total. The minimum absolute atomic E-state index is 0.0419. The van der Waals surface area contributed by atoms with Crippen molar-refractivity contribution in [2.75, 3.05) is 166 Å². The number of anilines is 16. The molecule has 10 fully saturated rings. The number of hydrogen-bond acceptors (Lipinski definition) is 32. The lowest BCUT2D eigenvalue weighted by molar-refractivity contribution is -0.124. The molecule has 24 bridgehead atoms. The number of rotatable bonds is 6. The van der Waals surface area contributed by atoms with Crippen LogP contribution < -0.4 is 95.4 Å².